The quantitative estimate of drug-likeness (QED) is 0.497. The zero-order valence-corrected chi connectivity index (χ0v) is 17.0. The van der Waals surface area contributed by atoms with Gasteiger partial charge in [0.1, 0.15) is 5.75 Å². The number of fused-ring (bicyclic) bond motifs is 1. The van der Waals surface area contributed by atoms with Gasteiger partial charge in [-0.2, -0.15) is 0 Å². The summed E-state index contributed by atoms with van der Waals surface area (Å²) in [6, 6.07) is 8.42. The molecule has 0 spiro atoms. The molecule has 2 aromatic carbocycles. The molecule has 6 nitrogen and oxygen atoms in total. The van der Waals surface area contributed by atoms with Crippen LogP contribution in [-0.4, -0.2) is 31.5 Å². The Morgan fingerprint density at radius 3 is 2.83 bits per heavy atom. The summed E-state index contributed by atoms with van der Waals surface area (Å²) in [5.74, 6) is 1.12. The number of ketones is 1. The minimum absolute atomic E-state index is 0.0267. The number of amides is 1. The van der Waals surface area contributed by atoms with Gasteiger partial charge in [-0.25, -0.2) is 0 Å². The molecule has 29 heavy (non-hydrogen) atoms. The van der Waals surface area contributed by atoms with Crippen LogP contribution in [0.15, 0.2) is 36.4 Å². The second-order valence-electron chi connectivity index (χ2n) is 6.36. The van der Waals surface area contributed by atoms with E-state index in [1.807, 2.05) is 13.8 Å². The summed E-state index contributed by atoms with van der Waals surface area (Å²) < 4.78 is 16.6. The molecule has 0 aromatic heterocycles. The highest BCUT2D eigenvalue weighted by Crippen LogP contribution is 2.37. The Bertz CT molecular complexity index is 954. The smallest absolute Gasteiger partial charge is 0.262 e. The molecular formula is C22H22ClNO5. The van der Waals surface area contributed by atoms with E-state index >= 15 is 0 Å². The molecule has 0 radical (unpaired) electrons. The van der Waals surface area contributed by atoms with Crippen LogP contribution in [0.2, 0.25) is 5.02 Å². The number of nitrogens with one attached hydrogen (secondary N) is 1. The van der Waals surface area contributed by atoms with Gasteiger partial charge < -0.3 is 19.5 Å². The lowest BCUT2D eigenvalue weighted by molar-refractivity contribution is -0.118. The lowest BCUT2D eigenvalue weighted by Crippen LogP contribution is -2.25. The number of carbonyl (C=O) groups is 2. The maximum Gasteiger partial charge on any atom is 0.262 e. The molecule has 2 aromatic rings. The van der Waals surface area contributed by atoms with Crippen LogP contribution in [0.5, 0.6) is 17.2 Å². The van der Waals surface area contributed by atoms with Gasteiger partial charge in [0, 0.05) is 5.56 Å². The molecule has 0 fully saturated rings. The van der Waals surface area contributed by atoms with Crippen LogP contribution in [0.1, 0.15) is 36.2 Å². The standard InChI is InChI=1S/C22H22ClNO5/c1-3-9-28-22-16(23)10-14(11-20(22)27-4-2)5-7-18(25)15-6-8-19-17(12-15)24-21(26)13-29-19/h5-8,10-12H,3-4,9,13H2,1-2H3,(H,24,26)/b7-5+. The summed E-state index contributed by atoms with van der Waals surface area (Å²) in [5.41, 5.74) is 1.63. The maximum atomic E-state index is 12.6. The van der Waals surface area contributed by atoms with Gasteiger partial charge in [0.25, 0.3) is 5.91 Å². The molecule has 7 heteroatoms. The van der Waals surface area contributed by atoms with Crippen molar-refractivity contribution in [2.24, 2.45) is 0 Å². The van der Waals surface area contributed by atoms with Crippen LogP contribution < -0.4 is 19.5 Å². The minimum Gasteiger partial charge on any atom is -0.490 e. The zero-order valence-electron chi connectivity index (χ0n) is 16.3. The number of hydrogen-bond acceptors (Lipinski definition) is 5. The highest BCUT2D eigenvalue weighted by Gasteiger charge is 2.17. The number of hydrogen-bond donors (Lipinski definition) is 1. The minimum atomic E-state index is -0.249. The van der Waals surface area contributed by atoms with E-state index in [1.165, 1.54) is 6.08 Å². The molecule has 1 aliphatic rings. The van der Waals surface area contributed by atoms with Crippen LogP contribution in [0.4, 0.5) is 5.69 Å². The van der Waals surface area contributed by atoms with Crippen molar-refractivity contribution in [1.29, 1.82) is 0 Å². The van der Waals surface area contributed by atoms with E-state index in [2.05, 4.69) is 5.32 Å². The number of benzene rings is 2. The first-order valence-electron chi connectivity index (χ1n) is 9.40. The molecule has 1 aliphatic heterocycles. The lowest BCUT2D eigenvalue weighted by Gasteiger charge is -2.18. The van der Waals surface area contributed by atoms with Crippen LogP contribution in [0.25, 0.3) is 6.08 Å². The average Bonchev–Trinajstić information content (AvgIpc) is 2.71. The van der Waals surface area contributed by atoms with Crippen LogP contribution >= 0.6 is 11.6 Å². The zero-order chi connectivity index (χ0) is 20.8. The Balaban J connectivity index is 1.81. The van der Waals surface area contributed by atoms with Crippen molar-refractivity contribution < 1.29 is 23.8 Å². The summed E-state index contributed by atoms with van der Waals surface area (Å²) in [7, 11) is 0. The average molecular weight is 416 g/mol. The van der Waals surface area contributed by atoms with Crippen molar-refractivity contribution in [1.82, 2.24) is 0 Å². The number of ether oxygens (including phenoxy) is 3. The van der Waals surface area contributed by atoms with Crippen molar-refractivity contribution in [3.8, 4) is 17.2 Å². The van der Waals surface area contributed by atoms with Gasteiger partial charge in [0.05, 0.1) is 23.9 Å². The fourth-order valence-electron chi connectivity index (χ4n) is 2.80. The molecule has 3 rings (SSSR count). The Morgan fingerprint density at radius 2 is 2.07 bits per heavy atom. The monoisotopic (exact) mass is 415 g/mol. The fraction of sp³-hybridized carbons (Fsp3) is 0.273. The normalized spacial score (nSPS) is 12.9. The lowest BCUT2D eigenvalue weighted by atomic mass is 10.1. The Kier molecular flexibility index (Phi) is 6.77. The van der Waals surface area contributed by atoms with Crippen molar-refractivity contribution in [2.45, 2.75) is 20.3 Å². The number of halogens is 1. The Hall–Kier alpha value is -2.99. The van der Waals surface area contributed by atoms with Gasteiger partial charge in [-0.3, -0.25) is 9.59 Å². The highest BCUT2D eigenvalue weighted by atomic mass is 35.5. The second kappa shape index (κ2) is 9.47. The predicted molar refractivity (Wildman–Crippen MR) is 112 cm³/mol. The first-order chi connectivity index (χ1) is 14.0. The van der Waals surface area contributed by atoms with Crippen molar-refractivity contribution in [3.05, 3.63) is 52.6 Å². The molecule has 0 saturated carbocycles. The van der Waals surface area contributed by atoms with Gasteiger partial charge >= 0.3 is 0 Å². The van der Waals surface area contributed by atoms with Crippen LogP contribution in [-0.2, 0) is 4.79 Å². The highest BCUT2D eigenvalue weighted by molar-refractivity contribution is 6.32. The van der Waals surface area contributed by atoms with E-state index in [0.29, 0.717) is 52.3 Å². The number of allylic oxidation sites excluding steroid dienone is 1. The molecule has 152 valence electrons. The SMILES string of the molecule is CCCOc1c(Cl)cc(/C=C/C(=O)c2ccc3c(c2)NC(=O)CO3)cc1OCC. The van der Waals surface area contributed by atoms with Crippen molar-refractivity contribution in [3.63, 3.8) is 0 Å². The molecule has 0 aliphatic carbocycles. The summed E-state index contributed by atoms with van der Waals surface area (Å²) in [6.07, 6.45) is 3.96. The van der Waals surface area contributed by atoms with Gasteiger partial charge in [0.2, 0.25) is 0 Å². The number of rotatable bonds is 8. The van der Waals surface area contributed by atoms with Gasteiger partial charge in [0.15, 0.2) is 23.9 Å². The fourth-order valence-corrected chi connectivity index (χ4v) is 3.07. The molecule has 0 unspecified atom stereocenters. The summed E-state index contributed by atoms with van der Waals surface area (Å²) in [5, 5.41) is 3.11. The molecule has 1 amide bonds. The molecule has 0 bridgehead atoms. The summed E-state index contributed by atoms with van der Waals surface area (Å²) in [4.78, 5) is 24.0. The maximum absolute atomic E-state index is 12.6. The van der Waals surface area contributed by atoms with Gasteiger partial charge in [-0.15, -0.1) is 0 Å². The van der Waals surface area contributed by atoms with E-state index in [1.54, 1.807) is 36.4 Å². The third-order valence-electron chi connectivity index (χ3n) is 4.11. The predicted octanol–water partition coefficient (Wildman–Crippen LogP) is 4.75. The van der Waals surface area contributed by atoms with E-state index in [4.69, 9.17) is 25.8 Å². The molecule has 1 N–H and O–H groups in total. The third kappa shape index (κ3) is 5.09. The molecular weight excluding hydrogens is 394 g/mol. The number of carbonyl (C=O) groups excluding carboxylic acids is 2. The van der Waals surface area contributed by atoms with Crippen LogP contribution in [0.3, 0.4) is 0 Å². The molecule has 0 saturated heterocycles. The summed E-state index contributed by atoms with van der Waals surface area (Å²) in [6.45, 7) is 4.86. The van der Waals surface area contributed by atoms with E-state index in [9.17, 15) is 9.59 Å². The second-order valence-corrected chi connectivity index (χ2v) is 6.76. The number of anilines is 1. The van der Waals surface area contributed by atoms with Gasteiger partial charge in [-0.1, -0.05) is 24.6 Å². The largest absolute Gasteiger partial charge is 0.490 e. The summed E-state index contributed by atoms with van der Waals surface area (Å²) >= 11 is 6.35. The van der Waals surface area contributed by atoms with E-state index < -0.39 is 0 Å². The topological polar surface area (TPSA) is 73.9 Å². The van der Waals surface area contributed by atoms with E-state index in [-0.39, 0.29) is 18.3 Å². The Labute approximate surface area is 174 Å². The molecule has 1 heterocycles. The third-order valence-corrected chi connectivity index (χ3v) is 4.39. The first-order valence-corrected chi connectivity index (χ1v) is 9.77. The van der Waals surface area contributed by atoms with Crippen molar-refractivity contribution in [2.75, 3.05) is 25.1 Å². The van der Waals surface area contributed by atoms with Crippen LogP contribution in [0, 0.1) is 0 Å². The van der Waals surface area contributed by atoms with Crippen molar-refractivity contribution >= 4 is 35.1 Å². The molecule has 0 atom stereocenters. The van der Waals surface area contributed by atoms with Gasteiger partial charge in [-0.05, 0) is 55.3 Å². The van der Waals surface area contributed by atoms with E-state index in [0.717, 1.165) is 6.42 Å². The first kappa shape index (κ1) is 20.7. The Morgan fingerprint density at radius 1 is 1.24 bits per heavy atom.